The molecule has 0 bridgehead atoms. The number of ether oxygens (including phenoxy) is 2. The molecule has 102 valence electrons. The number of aliphatic imine (C=N–C) groups is 1. The third-order valence-electron chi connectivity index (χ3n) is 1.85. The van der Waals surface area contributed by atoms with E-state index in [9.17, 15) is 9.59 Å². The SMILES string of the molecule is CC(=O)Oc1ccc(/C=N/C(=O)OC(C)(C)C)cc1. The van der Waals surface area contributed by atoms with Crippen LogP contribution in [-0.4, -0.2) is 23.9 Å². The van der Waals surface area contributed by atoms with Crippen LogP contribution in [0.3, 0.4) is 0 Å². The van der Waals surface area contributed by atoms with Gasteiger partial charge in [0.25, 0.3) is 0 Å². The first-order valence-electron chi connectivity index (χ1n) is 5.82. The summed E-state index contributed by atoms with van der Waals surface area (Å²) in [7, 11) is 0. The van der Waals surface area contributed by atoms with Gasteiger partial charge in [0, 0.05) is 13.1 Å². The molecule has 5 nitrogen and oxygen atoms in total. The van der Waals surface area contributed by atoms with Crippen LogP contribution in [0.2, 0.25) is 0 Å². The Labute approximate surface area is 112 Å². The van der Waals surface area contributed by atoms with Gasteiger partial charge in [-0.25, -0.2) is 4.79 Å². The number of amides is 1. The number of hydrogen-bond donors (Lipinski definition) is 0. The Bertz CT molecular complexity index is 483. The lowest BCUT2D eigenvalue weighted by Gasteiger charge is -2.17. The van der Waals surface area contributed by atoms with E-state index in [1.54, 1.807) is 45.0 Å². The van der Waals surface area contributed by atoms with Crippen LogP contribution in [0.15, 0.2) is 29.3 Å². The van der Waals surface area contributed by atoms with E-state index in [1.807, 2.05) is 0 Å². The maximum Gasteiger partial charge on any atom is 0.434 e. The van der Waals surface area contributed by atoms with Crippen molar-refractivity contribution in [3.8, 4) is 5.75 Å². The second-order valence-electron chi connectivity index (χ2n) is 4.90. The molecule has 1 amide bonds. The maximum atomic E-state index is 11.4. The molecule has 0 fully saturated rings. The van der Waals surface area contributed by atoms with E-state index in [4.69, 9.17) is 9.47 Å². The molecule has 19 heavy (non-hydrogen) atoms. The largest absolute Gasteiger partial charge is 0.442 e. The normalized spacial score (nSPS) is 11.4. The Morgan fingerprint density at radius 1 is 1.16 bits per heavy atom. The minimum absolute atomic E-state index is 0.379. The molecule has 5 heteroatoms. The van der Waals surface area contributed by atoms with Crippen molar-refractivity contribution < 1.29 is 19.1 Å². The molecule has 1 aromatic carbocycles. The van der Waals surface area contributed by atoms with E-state index in [2.05, 4.69) is 4.99 Å². The highest BCUT2D eigenvalue weighted by Gasteiger charge is 2.14. The number of rotatable bonds is 2. The molecule has 0 saturated heterocycles. The lowest BCUT2D eigenvalue weighted by Crippen LogP contribution is -2.21. The average Bonchev–Trinajstić information content (AvgIpc) is 2.25. The summed E-state index contributed by atoms with van der Waals surface area (Å²) in [4.78, 5) is 25.8. The number of carbonyl (C=O) groups is 2. The zero-order valence-electron chi connectivity index (χ0n) is 11.5. The molecule has 0 unspecified atom stereocenters. The summed E-state index contributed by atoms with van der Waals surface area (Å²) in [5, 5.41) is 0. The van der Waals surface area contributed by atoms with Gasteiger partial charge in [0.05, 0.1) is 0 Å². The van der Waals surface area contributed by atoms with Crippen molar-refractivity contribution in [2.45, 2.75) is 33.3 Å². The highest BCUT2D eigenvalue weighted by molar-refractivity contribution is 5.89. The van der Waals surface area contributed by atoms with E-state index in [0.29, 0.717) is 11.3 Å². The van der Waals surface area contributed by atoms with Gasteiger partial charge in [0.2, 0.25) is 0 Å². The Balaban J connectivity index is 2.62. The van der Waals surface area contributed by atoms with E-state index in [1.165, 1.54) is 13.1 Å². The van der Waals surface area contributed by atoms with Gasteiger partial charge in [0.1, 0.15) is 11.4 Å². The molecule has 0 atom stereocenters. The molecular weight excluding hydrogens is 246 g/mol. The van der Waals surface area contributed by atoms with Gasteiger partial charge < -0.3 is 9.47 Å². The van der Waals surface area contributed by atoms with Crippen LogP contribution in [0.5, 0.6) is 5.75 Å². The van der Waals surface area contributed by atoms with Crippen molar-refractivity contribution in [3.05, 3.63) is 29.8 Å². The Morgan fingerprint density at radius 2 is 1.74 bits per heavy atom. The van der Waals surface area contributed by atoms with Crippen molar-refractivity contribution in [2.24, 2.45) is 4.99 Å². The first kappa shape index (κ1) is 14.9. The van der Waals surface area contributed by atoms with Gasteiger partial charge in [-0.2, -0.15) is 4.99 Å². The fourth-order valence-electron chi connectivity index (χ4n) is 1.20. The smallest absolute Gasteiger partial charge is 0.434 e. The van der Waals surface area contributed by atoms with Gasteiger partial charge in [-0.1, -0.05) is 0 Å². The first-order chi connectivity index (χ1) is 8.76. The molecule has 0 heterocycles. The summed E-state index contributed by atoms with van der Waals surface area (Å²) >= 11 is 0. The molecule has 0 spiro atoms. The Hall–Kier alpha value is -2.17. The fourth-order valence-corrected chi connectivity index (χ4v) is 1.20. The van der Waals surface area contributed by atoms with Gasteiger partial charge >= 0.3 is 12.1 Å². The summed E-state index contributed by atoms with van der Waals surface area (Å²) < 4.78 is 9.92. The van der Waals surface area contributed by atoms with Crippen LogP contribution in [0.1, 0.15) is 33.3 Å². The van der Waals surface area contributed by atoms with Crippen LogP contribution >= 0.6 is 0 Å². The van der Waals surface area contributed by atoms with Crippen LogP contribution in [0, 0.1) is 0 Å². The van der Waals surface area contributed by atoms with Gasteiger partial charge in [-0.05, 0) is 50.6 Å². The van der Waals surface area contributed by atoms with Crippen molar-refractivity contribution in [2.75, 3.05) is 0 Å². The van der Waals surface area contributed by atoms with Crippen molar-refractivity contribution in [1.29, 1.82) is 0 Å². The summed E-state index contributed by atoms with van der Waals surface area (Å²) in [6, 6.07) is 6.62. The molecule has 0 aromatic heterocycles. The lowest BCUT2D eigenvalue weighted by atomic mass is 10.2. The summed E-state index contributed by atoms with van der Waals surface area (Å²) in [5.74, 6) is 0.0668. The number of esters is 1. The van der Waals surface area contributed by atoms with Crippen LogP contribution in [0.25, 0.3) is 0 Å². The monoisotopic (exact) mass is 263 g/mol. The minimum Gasteiger partial charge on any atom is -0.442 e. The molecule has 1 aromatic rings. The second-order valence-corrected chi connectivity index (χ2v) is 4.90. The molecule has 0 aliphatic heterocycles. The first-order valence-corrected chi connectivity index (χ1v) is 5.82. The number of carbonyl (C=O) groups excluding carboxylic acids is 2. The van der Waals surface area contributed by atoms with Crippen LogP contribution in [-0.2, 0) is 9.53 Å². The quantitative estimate of drug-likeness (QED) is 0.467. The summed E-state index contributed by atoms with van der Waals surface area (Å²) in [6.07, 6.45) is 0.752. The zero-order chi connectivity index (χ0) is 14.5. The lowest BCUT2D eigenvalue weighted by molar-refractivity contribution is -0.131. The molecule has 0 aliphatic carbocycles. The third kappa shape index (κ3) is 6.35. The van der Waals surface area contributed by atoms with Gasteiger partial charge in [0.15, 0.2) is 0 Å². The highest BCUT2D eigenvalue weighted by atomic mass is 16.6. The summed E-state index contributed by atoms with van der Waals surface area (Å²) in [6.45, 7) is 6.65. The zero-order valence-corrected chi connectivity index (χ0v) is 11.5. The molecule has 0 aliphatic rings. The van der Waals surface area contributed by atoms with Crippen LogP contribution < -0.4 is 4.74 Å². The minimum atomic E-state index is -0.642. The van der Waals surface area contributed by atoms with Gasteiger partial charge in [-0.15, -0.1) is 0 Å². The highest BCUT2D eigenvalue weighted by Crippen LogP contribution is 2.12. The van der Waals surface area contributed by atoms with Crippen molar-refractivity contribution in [3.63, 3.8) is 0 Å². The number of hydrogen-bond acceptors (Lipinski definition) is 4. The van der Waals surface area contributed by atoms with Crippen molar-refractivity contribution >= 4 is 18.3 Å². The predicted molar refractivity (Wildman–Crippen MR) is 71.6 cm³/mol. The second kappa shape index (κ2) is 6.13. The van der Waals surface area contributed by atoms with E-state index >= 15 is 0 Å². The Morgan fingerprint density at radius 3 is 2.21 bits per heavy atom. The molecule has 0 saturated carbocycles. The van der Waals surface area contributed by atoms with Crippen LogP contribution in [0.4, 0.5) is 4.79 Å². The molecule has 0 N–H and O–H groups in total. The third-order valence-corrected chi connectivity index (χ3v) is 1.85. The number of benzene rings is 1. The maximum absolute atomic E-state index is 11.4. The van der Waals surface area contributed by atoms with Gasteiger partial charge in [-0.3, -0.25) is 4.79 Å². The van der Waals surface area contributed by atoms with E-state index in [0.717, 1.165) is 0 Å². The van der Waals surface area contributed by atoms with E-state index in [-0.39, 0.29) is 5.97 Å². The standard InChI is InChI=1S/C14H17NO4/c1-10(16)18-12-7-5-11(6-8-12)9-15-13(17)19-14(2,3)4/h5-9H,1-4H3/b15-9+. The topological polar surface area (TPSA) is 65.0 Å². The average molecular weight is 263 g/mol. The number of nitrogens with zero attached hydrogens (tertiary/aromatic N) is 1. The molecule has 1 rings (SSSR count). The fraction of sp³-hybridized carbons (Fsp3) is 0.357. The predicted octanol–water partition coefficient (Wildman–Crippen LogP) is 2.97. The van der Waals surface area contributed by atoms with Crippen molar-refractivity contribution in [1.82, 2.24) is 0 Å². The summed E-state index contributed by atoms with van der Waals surface area (Å²) in [5.41, 5.74) is 0.148. The Kier molecular flexibility index (Phi) is 4.80. The van der Waals surface area contributed by atoms with E-state index < -0.39 is 11.7 Å². The molecule has 0 radical (unpaired) electrons. The molecular formula is C14H17NO4.